The average molecular weight is 325 g/mol. The third kappa shape index (κ3) is 2.95. The summed E-state index contributed by atoms with van der Waals surface area (Å²) in [5.74, 6) is 1.53. The average Bonchev–Trinajstić information content (AvgIpc) is 2.59. The molecule has 3 rings (SSSR count). The van der Waals surface area contributed by atoms with Gasteiger partial charge in [0.15, 0.2) is 0 Å². The Morgan fingerprint density at radius 2 is 1.71 bits per heavy atom. The third-order valence-corrected chi connectivity index (χ3v) is 4.06. The molecule has 0 saturated carbocycles. The van der Waals surface area contributed by atoms with Crippen molar-refractivity contribution in [3.8, 4) is 11.5 Å². The molecule has 5 heteroatoms. The van der Waals surface area contributed by atoms with Crippen LogP contribution in [0.3, 0.4) is 0 Å². The summed E-state index contributed by atoms with van der Waals surface area (Å²) >= 11 is 0. The maximum atomic E-state index is 5.60. The van der Waals surface area contributed by atoms with Gasteiger partial charge >= 0.3 is 0 Å². The first-order chi connectivity index (χ1) is 11.7. The van der Waals surface area contributed by atoms with Crippen LogP contribution in [0.2, 0.25) is 0 Å². The van der Waals surface area contributed by atoms with Gasteiger partial charge in [-0.05, 0) is 32.3 Å². The number of methoxy groups -OCH3 is 2. The number of nitrogens with one attached hydrogen (secondary N) is 1. The number of fused-ring (bicyclic) bond motifs is 2. The lowest BCUT2D eigenvalue weighted by molar-refractivity contribution is 0.410. The van der Waals surface area contributed by atoms with E-state index in [4.69, 9.17) is 14.5 Å². The van der Waals surface area contributed by atoms with Crippen molar-refractivity contribution in [1.82, 2.24) is 9.88 Å². The number of rotatable bonds is 6. The summed E-state index contributed by atoms with van der Waals surface area (Å²) in [5, 5.41) is 5.60. The minimum Gasteiger partial charge on any atom is -0.496 e. The predicted octanol–water partition coefficient (Wildman–Crippen LogP) is 3.38. The van der Waals surface area contributed by atoms with Crippen molar-refractivity contribution in [1.29, 1.82) is 0 Å². The van der Waals surface area contributed by atoms with Crippen molar-refractivity contribution in [3.05, 3.63) is 36.4 Å². The molecule has 0 aliphatic heterocycles. The predicted molar refractivity (Wildman–Crippen MR) is 99.4 cm³/mol. The summed E-state index contributed by atoms with van der Waals surface area (Å²) < 4.78 is 11.1. The number of para-hydroxylation sites is 1. The smallest absolute Gasteiger partial charge is 0.145 e. The molecule has 0 fully saturated rings. The number of hydrogen-bond donors (Lipinski definition) is 1. The Kier molecular flexibility index (Phi) is 4.71. The normalized spacial score (nSPS) is 11.2. The van der Waals surface area contributed by atoms with Gasteiger partial charge in [0, 0.05) is 18.5 Å². The Hall–Kier alpha value is -2.53. The summed E-state index contributed by atoms with van der Waals surface area (Å²) in [7, 11) is 7.47. The molecule has 0 atom stereocenters. The maximum absolute atomic E-state index is 5.60. The quantitative estimate of drug-likeness (QED) is 0.704. The number of hydrogen-bond acceptors (Lipinski definition) is 5. The molecule has 0 aliphatic rings. The molecule has 1 N–H and O–H groups in total. The first kappa shape index (κ1) is 16.3. The molecule has 0 saturated heterocycles. The van der Waals surface area contributed by atoms with Crippen molar-refractivity contribution >= 4 is 27.5 Å². The fraction of sp³-hybridized carbons (Fsp3) is 0.316. The summed E-state index contributed by atoms with van der Waals surface area (Å²) in [5.41, 5.74) is 2.78. The molecule has 1 heterocycles. The van der Waals surface area contributed by atoms with Crippen molar-refractivity contribution in [2.24, 2.45) is 0 Å². The number of aromatic nitrogens is 1. The number of anilines is 1. The Morgan fingerprint density at radius 3 is 2.42 bits per heavy atom. The summed E-state index contributed by atoms with van der Waals surface area (Å²) in [4.78, 5) is 6.95. The van der Waals surface area contributed by atoms with Crippen LogP contribution in [0.4, 0.5) is 5.69 Å². The second-order valence-electron chi connectivity index (χ2n) is 5.93. The Morgan fingerprint density at radius 1 is 1.00 bits per heavy atom. The van der Waals surface area contributed by atoms with E-state index >= 15 is 0 Å². The van der Waals surface area contributed by atoms with Crippen LogP contribution in [0.15, 0.2) is 36.4 Å². The van der Waals surface area contributed by atoms with Gasteiger partial charge in [-0.25, -0.2) is 4.98 Å². The monoisotopic (exact) mass is 325 g/mol. The molecule has 24 heavy (non-hydrogen) atoms. The highest BCUT2D eigenvalue weighted by molar-refractivity contribution is 6.11. The fourth-order valence-electron chi connectivity index (χ4n) is 2.87. The Labute approximate surface area is 142 Å². The molecule has 0 radical (unpaired) electrons. The Bertz CT molecular complexity index is 862. The highest BCUT2D eigenvalue weighted by Crippen LogP contribution is 2.40. The molecule has 0 spiro atoms. The van der Waals surface area contributed by atoms with Crippen LogP contribution in [0.25, 0.3) is 21.8 Å². The standard InChI is InChI=1S/C19H23N3O2/c1-22(2)12-11-20-18-13-7-5-6-8-14(13)21-19-16(24-4)10-9-15(23-3)17(18)19/h5-10H,11-12H2,1-4H3,(H,20,21). The number of benzene rings is 2. The lowest BCUT2D eigenvalue weighted by Gasteiger charge is -2.18. The van der Waals surface area contributed by atoms with Crippen LogP contribution in [-0.2, 0) is 0 Å². The van der Waals surface area contributed by atoms with E-state index in [1.165, 1.54) is 0 Å². The van der Waals surface area contributed by atoms with E-state index in [9.17, 15) is 0 Å². The largest absolute Gasteiger partial charge is 0.496 e. The van der Waals surface area contributed by atoms with Gasteiger partial charge in [-0.3, -0.25) is 0 Å². The van der Waals surface area contributed by atoms with Gasteiger partial charge in [-0.2, -0.15) is 0 Å². The van der Waals surface area contributed by atoms with Crippen LogP contribution in [0.1, 0.15) is 0 Å². The first-order valence-corrected chi connectivity index (χ1v) is 7.97. The fourth-order valence-corrected chi connectivity index (χ4v) is 2.87. The molecule has 3 aromatic rings. The zero-order valence-corrected chi connectivity index (χ0v) is 14.6. The van der Waals surface area contributed by atoms with E-state index in [1.54, 1.807) is 14.2 Å². The van der Waals surface area contributed by atoms with Gasteiger partial charge in [-0.1, -0.05) is 18.2 Å². The molecule has 1 aromatic heterocycles. The first-order valence-electron chi connectivity index (χ1n) is 7.97. The topological polar surface area (TPSA) is 46.6 Å². The van der Waals surface area contributed by atoms with E-state index in [-0.39, 0.29) is 0 Å². The molecule has 0 unspecified atom stereocenters. The second kappa shape index (κ2) is 6.93. The molecule has 0 bridgehead atoms. The molecule has 0 aliphatic carbocycles. The summed E-state index contributed by atoms with van der Waals surface area (Å²) in [6.07, 6.45) is 0. The Balaban J connectivity index is 2.28. The summed E-state index contributed by atoms with van der Waals surface area (Å²) in [6.45, 7) is 1.76. The van der Waals surface area contributed by atoms with Gasteiger partial charge in [-0.15, -0.1) is 0 Å². The van der Waals surface area contributed by atoms with Gasteiger partial charge in [0.25, 0.3) is 0 Å². The highest BCUT2D eigenvalue weighted by Gasteiger charge is 2.16. The summed E-state index contributed by atoms with van der Waals surface area (Å²) in [6, 6.07) is 11.9. The van der Waals surface area contributed by atoms with Crippen LogP contribution in [0.5, 0.6) is 11.5 Å². The van der Waals surface area contributed by atoms with Crippen LogP contribution in [0, 0.1) is 0 Å². The molecular weight excluding hydrogens is 302 g/mol. The lowest BCUT2D eigenvalue weighted by atomic mass is 10.1. The third-order valence-electron chi connectivity index (χ3n) is 4.06. The molecule has 126 valence electrons. The lowest BCUT2D eigenvalue weighted by Crippen LogP contribution is -2.21. The SMILES string of the molecule is COc1ccc(OC)c2c(NCCN(C)C)c3ccccc3nc12. The van der Waals surface area contributed by atoms with Gasteiger partial charge in [0.2, 0.25) is 0 Å². The van der Waals surface area contributed by atoms with Crippen LogP contribution in [-0.4, -0.2) is 51.3 Å². The number of nitrogens with zero attached hydrogens (tertiary/aromatic N) is 2. The maximum Gasteiger partial charge on any atom is 0.145 e. The van der Waals surface area contributed by atoms with Gasteiger partial charge < -0.3 is 19.7 Å². The van der Waals surface area contributed by atoms with E-state index in [0.717, 1.165) is 52.1 Å². The number of ether oxygens (including phenoxy) is 2. The van der Waals surface area contributed by atoms with Crippen molar-refractivity contribution in [2.75, 3.05) is 46.7 Å². The van der Waals surface area contributed by atoms with E-state index < -0.39 is 0 Å². The molecule has 2 aromatic carbocycles. The van der Waals surface area contributed by atoms with Crippen molar-refractivity contribution in [3.63, 3.8) is 0 Å². The van der Waals surface area contributed by atoms with Crippen molar-refractivity contribution in [2.45, 2.75) is 0 Å². The minimum atomic E-state index is 0.743. The molecular formula is C19H23N3O2. The zero-order chi connectivity index (χ0) is 17.1. The van der Waals surface area contributed by atoms with Crippen molar-refractivity contribution < 1.29 is 9.47 Å². The van der Waals surface area contributed by atoms with Gasteiger partial charge in [0.05, 0.1) is 30.8 Å². The number of likely N-dealkylation sites (N-methyl/N-ethyl adjacent to an activating group) is 1. The highest BCUT2D eigenvalue weighted by atomic mass is 16.5. The van der Waals surface area contributed by atoms with E-state index in [0.29, 0.717) is 0 Å². The molecule has 5 nitrogen and oxygen atoms in total. The van der Waals surface area contributed by atoms with E-state index in [1.807, 2.05) is 30.3 Å². The van der Waals surface area contributed by atoms with E-state index in [2.05, 4.69) is 30.4 Å². The van der Waals surface area contributed by atoms with Crippen LogP contribution >= 0.6 is 0 Å². The number of pyridine rings is 1. The minimum absolute atomic E-state index is 0.743. The van der Waals surface area contributed by atoms with Crippen LogP contribution < -0.4 is 14.8 Å². The van der Waals surface area contributed by atoms with Gasteiger partial charge in [0.1, 0.15) is 17.0 Å². The second-order valence-corrected chi connectivity index (χ2v) is 5.93. The molecule has 0 amide bonds. The zero-order valence-electron chi connectivity index (χ0n) is 14.6.